The highest BCUT2D eigenvalue weighted by Crippen LogP contribution is 2.44. The smallest absolute Gasteiger partial charge is 0.303 e. The molecular formula is C14H17FO2. The Morgan fingerprint density at radius 3 is 2.65 bits per heavy atom. The lowest BCUT2D eigenvalue weighted by atomic mass is 9.94. The Kier molecular flexibility index (Phi) is 3.18. The summed E-state index contributed by atoms with van der Waals surface area (Å²) in [5, 5.41) is 0. The van der Waals surface area contributed by atoms with Crippen molar-refractivity contribution in [1.29, 1.82) is 0 Å². The van der Waals surface area contributed by atoms with Crippen molar-refractivity contribution < 1.29 is 13.9 Å². The molecule has 92 valence electrons. The van der Waals surface area contributed by atoms with Gasteiger partial charge in [-0.1, -0.05) is 6.07 Å². The summed E-state index contributed by atoms with van der Waals surface area (Å²) < 4.78 is 18.8. The van der Waals surface area contributed by atoms with Gasteiger partial charge in [-0.3, -0.25) is 4.79 Å². The van der Waals surface area contributed by atoms with Crippen molar-refractivity contribution >= 4 is 5.97 Å². The Morgan fingerprint density at radius 2 is 2.12 bits per heavy atom. The summed E-state index contributed by atoms with van der Waals surface area (Å²) in [6.07, 6.45) is 1.91. The van der Waals surface area contributed by atoms with Crippen molar-refractivity contribution in [3.8, 4) is 0 Å². The summed E-state index contributed by atoms with van der Waals surface area (Å²) in [4.78, 5) is 11.0. The lowest BCUT2D eigenvalue weighted by Gasteiger charge is -2.19. The molecule has 1 aliphatic rings. The average molecular weight is 236 g/mol. The third kappa shape index (κ3) is 2.48. The monoisotopic (exact) mass is 236 g/mol. The highest BCUT2D eigenvalue weighted by atomic mass is 19.1. The quantitative estimate of drug-likeness (QED) is 0.749. The maximum atomic E-state index is 13.6. The second-order valence-electron chi connectivity index (χ2n) is 4.70. The van der Waals surface area contributed by atoms with Gasteiger partial charge >= 0.3 is 5.97 Å². The van der Waals surface area contributed by atoms with Crippen LogP contribution in [-0.4, -0.2) is 5.97 Å². The molecule has 0 aromatic heterocycles. The van der Waals surface area contributed by atoms with Gasteiger partial charge in [0, 0.05) is 12.5 Å². The number of rotatable bonds is 3. The molecule has 3 heteroatoms. The summed E-state index contributed by atoms with van der Waals surface area (Å²) in [5.41, 5.74) is 2.59. The van der Waals surface area contributed by atoms with E-state index in [4.69, 9.17) is 4.74 Å². The first-order valence-corrected chi connectivity index (χ1v) is 5.96. The number of hydrogen-bond donors (Lipinski definition) is 0. The Bertz CT molecular complexity index is 450. The molecule has 1 fully saturated rings. The van der Waals surface area contributed by atoms with Crippen LogP contribution in [-0.2, 0) is 9.53 Å². The van der Waals surface area contributed by atoms with Crippen molar-refractivity contribution in [2.45, 2.75) is 45.6 Å². The lowest BCUT2D eigenvalue weighted by molar-refractivity contribution is -0.145. The van der Waals surface area contributed by atoms with Gasteiger partial charge in [0.15, 0.2) is 0 Å². The molecule has 1 atom stereocenters. The van der Waals surface area contributed by atoms with Gasteiger partial charge in [-0.25, -0.2) is 4.39 Å². The van der Waals surface area contributed by atoms with Gasteiger partial charge in [-0.05, 0) is 49.8 Å². The molecule has 0 spiro atoms. The summed E-state index contributed by atoms with van der Waals surface area (Å²) >= 11 is 0. The fourth-order valence-electron chi connectivity index (χ4n) is 2.32. The molecule has 2 rings (SSSR count). The number of hydrogen-bond acceptors (Lipinski definition) is 2. The minimum Gasteiger partial charge on any atom is -0.458 e. The minimum absolute atomic E-state index is 0.233. The van der Waals surface area contributed by atoms with Crippen LogP contribution in [0, 0.1) is 12.7 Å². The van der Waals surface area contributed by atoms with Crippen LogP contribution in [0.2, 0.25) is 0 Å². The molecule has 0 heterocycles. The van der Waals surface area contributed by atoms with Gasteiger partial charge in [0.1, 0.15) is 11.9 Å². The van der Waals surface area contributed by atoms with Gasteiger partial charge in [0.2, 0.25) is 0 Å². The van der Waals surface area contributed by atoms with Crippen LogP contribution in [0.3, 0.4) is 0 Å². The third-order valence-electron chi connectivity index (χ3n) is 3.25. The zero-order chi connectivity index (χ0) is 12.6. The largest absolute Gasteiger partial charge is 0.458 e. The summed E-state index contributed by atoms with van der Waals surface area (Å²) in [6, 6.07) is 3.34. The summed E-state index contributed by atoms with van der Waals surface area (Å²) in [6.45, 7) is 4.92. The highest BCUT2D eigenvalue weighted by molar-refractivity contribution is 5.66. The molecule has 1 unspecified atom stereocenters. The zero-order valence-electron chi connectivity index (χ0n) is 10.4. The second kappa shape index (κ2) is 4.47. The molecular weight excluding hydrogens is 219 g/mol. The molecule has 2 nitrogen and oxygen atoms in total. The highest BCUT2D eigenvalue weighted by Gasteiger charge is 2.29. The number of halogens is 1. The molecule has 1 aromatic carbocycles. The Balaban J connectivity index is 2.41. The predicted molar refractivity (Wildman–Crippen MR) is 63.3 cm³/mol. The number of ether oxygens (including phenoxy) is 1. The first-order chi connectivity index (χ1) is 8.00. The minimum atomic E-state index is -0.376. The van der Waals surface area contributed by atoms with E-state index in [1.54, 1.807) is 13.8 Å². The van der Waals surface area contributed by atoms with E-state index in [-0.39, 0.29) is 17.9 Å². The number of esters is 1. The molecule has 1 aliphatic carbocycles. The normalized spacial score (nSPS) is 16.7. The molecule has 0 aliphatic heterocycles. The van der Waals surface area contributed by atoms with Crippen LogP contribution in [0.15, 0.2) is 12.1 Å². The summed E-state index contributed by atoms with van der Waals surface area (Å²) in [5.74, 6) is -0.0476. The zero-order valence-corrected chi connectivity index (χ0v) is 10.4. The standard InChI is InChI=1S/C14H17FO2/c1-8-13(15)7-6-12(11-4-5-11)14(8)9(2)17-10(3)16/h6-7,9,11H,4-5H2,1-3H3. The van der Waals surface area contributed by atoms with E-state index in [9.17, 15) is 9.18 Å². The molecule has 0 amide bonds. The van der Waals surface area contributed by atoms with Crippen LogP contribution in [0.5, 0.6) is 0 Å². The number of carbonyl (C=O) groups is 1. The fraction of sp³-hybridized carbons (Fsp3) is 0.500. The van der Waals surface area contributed by atoms with Crippen LogP contribution in [0.1, 0.15) is 55.4 Å². The van der Waals surface area contributed by atoms with Crippen molar-refractivity contribution in [3.63, 3.8) is 0 Å². The van der Waals surface area contributed by atoms with E-state index in [1.165, 1.54) is 13.0 Å². The molecule has 0 bridgehead atoms. The topological polar surface area (TPSA) is 26.3 Å². The molecule has 0 saturated heterocycles. The van der Waals surface area contributed by atoms with E-state index in [0.29, 0.717) is 11.5 Å². The predicted octanol–water partition coefficient (Wildman–Crippen LogP) is 3.64. The first kappa shape index (κ1) is 12.1. The maximum Gasteiger partial charge on any atom is 0.303 e. The number of carbonyl (C=O) groups excluding carboxylic acids is 1. The Morgan fingerprint density at radius 1 is 1.47 bits per heavy atom. The van der Waals surface area contributed by atoms with Crippen molar-refractivity contribution in [3.05, 3.63) is 34.6 Å². The van der Waals surface area contributed by atoms with Crippen molar-refractivity contribution in [1.82, 2.24) is 0 Å². The van der Waals surface area contributed by atoms with E-state index in [0.717, 1.165) is 24.0 Å². The molecule has 17 heavy (non-hydrogen) atoms. The molecule has 1 saturated carbocycles. The van der Waals surface area contributed by atoms with Gasteiger partial charge in [0.25, 0.3) is 0 Å². The van der Waals surface area contributed by atoms with Crippen molar-refractivity contribution in [2.75, 3.05) is 0 Å². The van der Waals surface area contributed by atoms with Crippen molar-refractivity contribution in [2.24, 2.45) is 0 Å². The van der Waals surface area contributed by atoms with Gasteiger partial charge in [-0.2, -0.15) is 0 Å². The first-order valence-electron chi connectivity index (χ1n) is 5.96. The average Bonchev–Trinajstić information content (AvgIpc) is 3.04. The lowest BCUT2D eigenvalue weighted by Crippen LogP contribution is -2.10. The molecule has 1 aromatic rings. The SMILES string of the molecule is CC(=O)OC(C)c1c(C2CC2)ccc(F)c1C. The Labute approximate surface area is 101 Å². The van der Waals surface area contributed by atoms with E-state index in [2.05, 4.69) is 0 Å². The third-order valence-corrected chi connectivity index (χ3v) is 3.25. The maximum absolute atomic E-state index is 13.6. The van der Waals surface area contributed by atoms with Crippen LogP contribution in [0.4, 0.5) is 4.39 Å². The summed E-state index contributed by atoms with van der Waals surface area (Å²) in [7, 11) is 0. The fourth-order valence-corrected chi connectivity index (χ4v) is 2.32. The van der Waals surface area contributed by atoms with Crippen LogP contribution < -0.4 is 0 Å². The van der Waals surface area contributed by atoms with E-state index in [1.807, 2.05) is 6.07 Å². The van der Waals surface area contributed by atoms with Gasteiger partial charge in [-0.15, -0.1) is 0 Å². The Hall–Kier alpha value is -1.38. The second-order valence-corrected chi connectivity index (χ2v) is 4.70. The molecule has 0 radical (unpaired) electrons. The number of benzene rings is 1. The van der Waals surface area contributed by atoms with Gasteiger partial charge < -0.3 is 4.74 Å². The molecule has 0 N–H and O–H groups in total. The van der Waals surface area contributed by atoms with Crippen LogP contribution in [0.25, 0.3) is 0 Å². The van der Waals surface area contributed by atoms with E-state index >= 15 is 0 Å². The van der Waals surface area contributed by atoms with E-state index < -0.39 is 0 Å². The van der Waals surface area contributed by atoms with Crippen LogP contribution >= 0.6 is 0 Å². The van der Waals surface area contributed by atoms with Gasteiger partial charge in [0.05, 0.1) is 0 Å².